The van der Waals surface area contributed by atoms with E-state index in [1.165, 1.54) is 38.6 Å². The molecule has 0 aliphatic heterocycles. The number of hydrazone groups is 1. The summed E-state index contributed by atoms with van der Waals surface area (Å²) in [6, 6.07) is 25.6. The number of ether oxygens (including phenoxy) is 3. The lowest BCUT2D eigenvalue weighted by molar-refractivity contribution is -0.119. The largest absolute Gasteiger partial charge is 0.493 e. The van der Waals surface area contributed by atoms with Crippen LogP contribution >= 0.6 is 11.6 Å². The van der Waals surface area contributed by atoms with Crippen LogP contribution in [0.2, 0.25) is 5.02 Å². The van der Waals surface area contributed by atoms with Gasteiger partial charge in [-0.05, 0) is 67.1 Å². The van der Waals surface area contributed by atoms with Gasteiger partial charge in [-0.25, -0.2) is 13.8 Å². The van der Waals surface area contributed by atoms with E-state index in [2.05, 4.69) is 10.5 Å². The van der Waals surface area contributed by atoms with Crippen LogP contribution in [0.25, 0.3) is 0 Å². The number of hydrogen-bond acceptors (Lipinski definition) is 7. The van der Waals surface area contributed by atoms with Gasteiger partial charge in [0, 0.05) is 16.7 Å². The summed E-state index contributed by atoms with van der Waals surface area (Å²) >= 11 is 6.17. The van der Waals surface area contributed by atoms with Gasteiger partial charge in [-0.2, -0.15) is 5.10 Å². The van der Waals surface area contributed by atoms with Crippen LogP contribution in [-0.4, -0.2) is 41.3 Å². The standard InChI is InChI=1S/C31H30ClN3O6S/c1-22-8-12-25(13-9-22)35(42(37,38)27-16-17-29(39-2)30(18-27)40-3)20-31(36)34-33-19-23-10-14-26(15-11-23)41-21-24-6-4-5-7-28(24)32/h4-19H,20-21H2,1-3H3,(H,34,36)/b33-19-. The molecule has 0 saturated heterocycles. The Balaban J connectivity index is 1.45. The van der Waals surface area contributed by atoms with E-state index in [0.29, 0.717) is 34.4 Å². The van der Waals surface area contributed by atoms with Crippen molar-refractivity contribution < 1.29 is 27.4 Å². The fraction of sp³-hybridized carbons (Fsp3) is 0.161. The van der Waals surface area contributed by atoms with Crippen LogP contribution in [0.15, 0.2) is 101 Å². The molecular weight excluding hydrogens is 578 g/mol. The van der Waals surface area contributed by atoms with Gasteiger partial charge in [0.05, 0.1) is 31.0 Å². The van der Waals surface area contributed by atoms with Crippen LogP contribution in [-0.2, 0) is 21.4 Å². The molecule has 4 aromatic rings. The third-order valence-corrected chi connectivity index (χ3v) is 8.33. The van der Waals surface area contributed by atoms with Crippen LogP contribution < -0.4 is 23.9 Å². The highest BCUT2D eigenvalue weighted by Gasteiger charge is 2.28. The maximum Gasteiger partial charge on any atom is 0.264 e. The number of amides is 1. The zero-order valence-corrected chi connectivity index (χ0v) is 24.9. The van der Waals surface area contributed by atoms with Gasteiger partial charge < -0.3 is 14.2 Å². The van der Waals surface area contributed by atoms with E-state index in [1.54, 1.807) is 54.6 Å². The van der Waals surface area contributed by atoms with Crippen LogP contribution in [0.4, 0.5) is 5.69 Å². The first kappa shape index (κ1) is 30.4. The molecule has 218 valence electrons. The van der Waals surface area contributed by atoms with Gasteiger partial charge in [0.25, 0.3) is 15.9 Å². The lowest BCUT2D eigenvalue weighted by atomic mass is 10.2. The monoisotopic (exact) mass is 607 g/mol. The Labute approximate surface area is 250 Å². The Morgan fingerprint density at radius 1 is 0.929 bits per heavy atom. The number of aryl methyl sites for hydroxylation is 1. The quantitative estimate of drug-likeness (QED) is 0.166. The van der Waals surface area contributed by atoms with Gasteiger partial charge in [-0.15, -0.1) is 0 Å². The Bertz CT molecular complexity index is 1660. The van der Waals surface area contributed by atoms with E-state index in [9.17, 15) is 13.2 Å². The number of sulfonamides is 1. The molecule has 1 N–H and O–H groups in total. The molecule has 4 aromatic carbocycles. The van der Waals surface area contributed by atoms with E-state index in [-0.39, 0.29) is 10.6 Å². The number of nitrogens with zero attached hydrogens (tertiary/aromatic N) is 2. The molecule has 42 heavy (non-hydrogen) atoms. The molecule has 4 rings (SSSR count). The Hall–Kier alpha value is -4.54. The molecule has 11 heteroatoms. The normalized spacial score (nSPS) is 11.2. The molecule has 0 aromatic heterocycles. The maximum atomic E-state index is 13.7. The average molecular weight is 608 g/mol. The summed E-state index contributed by atoms with van der Waals surface area (Å²) in [5.41, 5.74) is 5.25. The Kier molecular flexibility index (Phi) is 10.1. The first-order chi connectivity index (χ1) is 20.2. The summed E-state index contributed by atoms with van der Waals surface area (Å²) in [4.78, 5) is 12.8. The minimum Gasteiger partial charge on any atom is -0.493 e. The van der Waals surface area contributed by atoms with Crippen molar-refractivity contribution in [1.82, 2.24) is 5.43 Å². The van der Waals surface area contributed by atoms with Crippen LogP contribution in [0.3, 0.4) is 0 Å². The molecule has 0 fully saturated rings. The molecule has 1 amide bonds. The van der Waals surface area contributed by atoms with E-state index < -0.39 is 22.5 Å². The SMILES string of the molecule is COc1ccc(S(=O)(=O)N(CC(=O)N/N=C\c2ccc(OCc3ccccc3Cl)cc2)c2ccc(C)cc2)cc1OC. The average Bonchev–Trinajstić information content (AvgIpc) is 3.00. The summed E-state index contributed by atoms with van der Waals surface area (Å²) in [6.07, 6.45) is 1.45. The minimum atomic E-state index is -4.17. The predicted octanol–water partition coefficient (Wildman–Crippen LogP) is 5.59. The number of carbonyl (C=O) groups excluding carboxylic acids is 1. The fourth-order valence-corrected chi connectivity index (χ4v) is 5.53. The van der Waals surface area contributed by atoms with Crippen molar-refractivity contribution in [2.45, 2.75) is 18.4 Å². The van der Waals surface area contributed by atoms with Gasteiger partial charge in [0.2, 0.25) is 0 Å². The van der Waals surface area contributed by atoms with Crippen molar-refractivity contribution in [3.63, 3.8) is 0 Å². The Morgan fingerprint density at radius 3 is 2.29 bits per heavy atom. The number of hydrogen-bond donors (Lipinski definition) is 1. The van der Waals surface area contributed by atoms with E-state index in [4.69, 9.17) is 25.8 Å². The minimum absolute atomic E-state index is 0.0612. The van der Waals surface area contributed by atoms with E-state index in [1.807, 2.05) is 25.1 Å². The molecular formula is C31H30ClN3O6S. The second kappa shape index (κ2) is 13.9. The predicted molar refractivity (Wildman–Crippen MR) is 163 cm³/mol. The van der Waals surface area contributed by atoms with E-state index >= 15 is 0 Å². The van der Waals surface area contributed by atoms with Crippen LogP contribution in [0.5, 0.6) is 17.2 Å². The molecule has 0 spiro atoms. The zero-order chi connectivity index (χ0) is 30.1. The number of halogens is 1. The van der Waals surface area contributed by atoms with Gasteiger partial charge in [-0.3, -0.25) is 9.10 Å². The van der Waals surface area contributed by atoms with Crippen LogP contribution in [0, 0.1) is 6.92 Å². The highest BCUT2D eigenvalue weighted by molar-refractivity contribution is 7.92. The number of anilines is 1. The summed E-state index contributed by atoms with van der Waals surface area (Å²) < 4.78 is 44.7. The lowest BCUT2D eigenvalue weighted by Gasteiger charge is -2.24. The van der Waals surface area contributed by atoms with Crippen molar-refractivity contribution in [2.75, 3.05) is 25.1 Å². The van der Waals surface area contributed by atoms with Gasteiger partial charge in [-0.1, -0.05) is 47.5 Å². The number of nitrogens with one attached hydrogen (secondary N) is 1. The number of carbonyl (C=O) groups is 1. The molecule has 0 bridgehead atoms. The van der Waals surface area contributed by atoms with Gasteiger partial charge >= 0.3 is 0 Å². The molecule has 0 aliphatic rings. The third kappa shape index (κ3) is 7.59. The maximum absolute atomic E-state index is 13.7. The summed E-state index contributed by atoms with van der Waals surface area (Å²) in [5, 5.41) is 4.64. The number of benzene rings is 4. The molecule has 0 aliphatic carbocycles. The van der Waals surface area contributed by atoms with Crippen molar-refractivity contribution in [3.05, 3.63) is 113 Å². The molecule has 9 nitrogen and oxygen atoms in total. The second-order valence-electron chi connectivity index (χ2n) is 9.11. The first-order valence-electron chi connectivity index (χ1n) is 12.8. The first-order valence-corrected chi connectivity index (χ1v) is 14.6. The summed E-state index contributed by atoms with van der Waals surface area (Å²) in [7, 11) is -1.29. The number of rotatable bonds is 12. The zero-order valence-electron chi connectivity index (χ0n) is 23.3. The fourth-order valence-electron chi connectivity index (χ4n) is 3.90. The molecule has 0 unspecified atom stereocenters. The topological polar surface area (TPSA) is 107 Å². The van der Waals surface area contributed by atoms with E-state index in [0.717, 1.165) is 15.4 Å². The molecule has 0 atom stereocenters. The number of methoxy groups -OCH3 is 2. The highest BCUT2D eigenvalue weighted by atomic mass is 35.5. The van der Waals surface area contributed by atoms with Crippen LogP contribution in [0.1, 0.15) is 16.7 Å². The molecule has 0 heterocycles. The van der Waals surface area contributed by atoms with Crippen molar-refractivity contribution in [1.29, 1.82) is 0 Å². The molecule has 0 radical (unpaired) electrons. The molecule has 0 saturated carbocycles. The summed E-state index contributed by atoms with van der Waals surface area (Å²) in [5.74, 6) is 0.642. The lowest BCUT2D eigenvalue weighted by Crippen LogP contribution is -2.39. The summed E-state index contributed by atoms with van der Waals surface area (Å²) in [6.45, 7) is 1.70. The highest BCUT2D eigenvalue weighted by Crippen LogP contribution is 2.32. The van der Waals surface area contributed by atoms with Crippen molar-refractivity contribution >= 4 is 39.4 Å². The second-order valence-corrected chi connectivity index (χ2v) is 11.4. The van der Waals surface area contributed by atoms with Gasteiger partial charge in [0.15, 0.2) is 11.5 Å². The third-order valence-electron chi connectivity index (χ3n) is 6.19. The van der Waals surface area contributed by atoms with Crippen molar-refractivity contribution in [3.8, 4) is 17.2 Å². The van der Waals surface area contributed by atoms with Crippen molar-refractivity contribution in [2.24, 2.45) is 5.10 Å². The van der Waals surface area contributed by atoms with Gasteiger partial charge in [0.1, 0.15) is 18.9 Å². The Morgan fingerprint density at radius 2 is 1.62 bits per heavy atom. The smallest absolute Gasteiger partial charge is 0.264 e.